The van der Waals surface area contributed by atoms with E-state index in [4.69, 9.17) is 16.3 Å². The number of ether oxygens (including phenoxy) is 1. The summed E-state index contributed by atoms with van der Waals surface area (Å²) in [6.45, 7) is 2.79. The number of aliphatic hydroxyl groups excluding tert-OH is 2. The van der Waals surface area contributed by atoms with Gasteiger partial charge in [0.2, 0.25) is 0 Å². The first kappa shape index (κ1) is 23.6. The molecule has 176 valence electrons. The molecule has 0 amide bonds. The number of hydrogen-bond donors (Lipinski definition) is 3. The molecule has 1 aliphatic rings. The van der Waals surface area contributed by atoms with Crippen molar-refractivity contribution in [3.05, 3.63) is 63.3 Å². The van der Waals surface area contributed by atoms with E-state index in [1.807, 2.05) is 6.07 Å². The molecule has 4 heterocycles. The highest BCUT2D eigenvalue weighted by atomic mass is 35.5. The molecule has 0 spiro atoms. The summed E-state index contributed by atoms with van der Waals surface area (Å²) < 4.78 is 6.96. The van der Waals surface area contributed by atoms with E-state index in [-0.39, 0.29) is 18.2 Å². The topological polar surface area (TPSA) is 113 Å². The van der Waals surface area contributed by atoms with Crippen LogP contribution in [0.4, 0.5) is 0 Å². The van der Waals surface area contributed by atoms with Crippen LogP contribution in [-0.4, -0.2) is 68.5 Å². The van der Waals surface area contributed by atoms with Crippen molar-refractivity contribution >= 4 is 22.6 Å². The predicted octanol–water partition coefficient (Wildman–Crippen LogP) is 1.17. The Bertz CT molecular complexity index is 1170. The molecule has 0 aromatic carbocycles. The van der Waals surface area contributed by atoms with Crippen LogP contribution >= 0.6 is 11.6 Å². The first-order valence-corrected chi connectivity index (χ1v) is 11.3. The van der Waals surface area contributed by atoms with Gasteiger partial charge in [-0.3, -0.25) is 19.7 Å². The lowest BCUT2D eigenvalue weighted by Crippen LogP contribution is -2.53. The number of methoxy groups -OCH3 is 1. The van der Waals surface area contributed by atoms with Gasteiger partial charge in [0.25, 0.3) is 5.56 Å². The fraction of sp³-hybridized carbons (Fsp3) is 0.435. The van der Waals surface area contributed by atoms with Crippen molar-refractivity contribution in [2.24, 2.45) is 0 Å². The summed E-state index contributed by atoms with van der Waals surface area (Å²) in [4.78, 5) is 23.2. The van der Waals surface area contributed by atoms with Crippen molar-refractivity contribution in [1.29, 1.82) is 0 Å². The van der Waals surface area contributed by atoms with E-state index in [0.29, 0.717) is 42.6 Å². The number of rotatable bonds is 8. The maximum absolute atomic E-state index is 12.5. The van der Waals surface area contributed by atoms with Crippen LogP contribution in [0.25, 0.3) is 11.0 Å². The second-order valence-electron chi connectivity index (χ2n) is 8.18. The van der Waals surface area contributed by atoms with Crippen molar-refractivity contribution in [1.82, 2.24) is 24.8 Å². The summed E-state index contributed by atoms with van der Waals surface area (Å²) >= 11 is 6.11. The fourth-order valence-corrected chi connectivity index (χ4v) is 4.39. The lowest BCUT2D eigenvalue weighted by atomic mass is 10.0. The highest BCUT2D eigenvalue weighted by molar-refractivity contribution is 6.31. The lowest BCUT2D eigenvalue weighted by Gasteiger charge is -2.36. The molecular formula is C23H28ClN5O4. The minimum atomic E-state index is -0.537. The van der Waals surface area contributed by atoms with Gasteiger partial charge in [0.1, 0.15) is 5.75 Å². The normalized spacial score (nSPS) is 19.2. The molecule has 0 aliphatic carbocycles. The lowest BCUT2D eigenvalue weighted by molar-refractivity contribution is 0.0385. The van der Waals surface area contributed by atoms with Crippen molar-refractivity contribution in [3.63, 3.8) is 0 Å². The molecule has 3 N–H and O–H groups in total. The van der Waals surface area contributed by atoms with Gasteiger partial charge >= 0.3 is 0 Å². The quantitative estimate of drug-likeness (QED) is 0.447. The molecule has 3 aromatic rings. The molecule has 0 saturated carbocycles. The SMILES string of the molecule is COc1cnc2ccc(=O)n(CCN3CCC(NCc4cnc(CO)c(Cl)c4)C(O)C3)c2c1. The largest absolute Gasteiger partial charge is 0.495 e. The van der Waals surface area contributed by atoms with Gasteiger partial charge in [-0.1, -0.05) is 11.6 Å². The van der Waals surface area contributed by atoms with Gasteiger partial charge in [-0.05, 0) is 30.7 Å². The zero-order valence-corrected chi connectivity index (χ0v) is 19.2. The number of hydrogen-bond acceptors (Lipinski definition) is 8. The summed E-state index contributed by atoms with van der Waals surface area (Å²) in [5.41, 5.74) is 2.73. The van der Waals surface area contributed by atoms with Crippen LogP contribution in [0.2, 0.25) is 5.02 Å². The van der Waals surface area contributed by atoms with Crippen molar-refractivity contribution in [2.45, 2.75) is 38.3 Å². The average molecular weight is 474 g/mol. The molecular weight excluding hydrogens is 446 g/mol. The Balaban J connectivity index is 1.34. The Hall–Kier alpha value is -2.56. The number of halogens is 1. The maximum atomic E-state index is 12.5. The number of nitrogens with one attached hydrogen (secondary N) is 1. The van der Waals surface area contributed by atoms with Crippen LogP contribution in [0.1, 0.15) is 17.7 Å². The van der Waals surface area contributed by atoms with E-state index in [1.54, 1.807) is 36.2 Å². The van der Waals surface area contributed by atoms with Crippen LogP contribution < -0.4 is 15.6 Å². The molecule has 0 bridgehead atoms. The van der Waals surface area contributed by atoms with Gasteiger partial charge in [0.05, 0.1) is 47.8 Å². The van der Waals surface area contributed by atoms with E-state index in [2.05, 4.69) is 20.2 Å². The van der Waals surface area contributed by atoms with Gasteiger partial charge in [0, 0.05) is 50.6 Å². The number of aromatic nitrogens is 3. The highest BCUT2D eigenvalue weighted by Crippen LogP contribution is 2.18. The maximum Gasteiger partial charge on any atom is 0.251 e. The van der Waals surface area contributed by atoms with E-state index >= 15 is 0 Å². The zero-order chi connectivity index (χ0) is 23.4. The summed E-state index contributed by atoms with van der Waals surface area (Å²) in [5.74, 6) is 0.603. The number of likely N-dealkylation sites (tertiary alicyclic amines) is 1. The second kappa shape index (κ2) is 10.6. The standard InChI is InChI=1S/C23H28ClN5O4/c1-33-16-9-21-18(27-12-16)2-3-23(32)29(21)7-6-28-5-4-19(22(31)13-28)25-10-15-8-17(24)20(14-30)26-11-15/h2-3,8-9,11-12,19,22,25,30-31H,4-7,10,13-14H2,1H3. The molecule has 1 aliphatic heterocycles. The molecule has 4 rings (SSSR count). The molecule has 0 radical (unpaired) electrons. The number of fused-ring (bicyclic) bond motifs is 1. The summed E-state index contributed by atoms with van der Waals surface area (Å²) in [5, 5.41) is 23.7. The van der Waals surface area contributed by atoms with E-state index in [9.17, 15) is 15.0 Å². The van der Waals surface area contributed by atoms with E-state index in [0.717, 1.165) is 29.6 Å². The molecule has 3 aromatic heterocycles. The second-order valence-corrected chi connectivity index (χ2v) is 8.58. The number of aliphatic hydroxyl groups is 2. The molecule has 10 heteroatoms. The number of β-amino-alcohol motifs (C(OH)–C–C–N with tert-alkyl or cyclic N) is 1. The molecule has 2 atom stereocenters. The van der Waals surface area contributed by atoms with Crippen molar-refractivity contribution < 1.29 is 14.9 Å². The number of pyridine rings is 3. The fourth-order valence-electron chi connectivity index (χ4n) is 4.14. The summed E-state index contributed by atoms with van der Waals surface area (Å²) in [6.07, 6.45) is 3.55. The first-order valence-electron chi connectivity index (χ1n) is 10.9. The van der Waals surface area contributed by atoms with E-state index < -0.39 is 6.10 Å². The van der Waals surface area contributed by atoms with Gasteiger partial charge < -0.3 is 24.8 Å². The molecule has 9 nitrogen and oxygen atoms in total. The molecule has 2 unspecified atom stereocenters. The van der Waals surface area contributed by atoms with Crippen molar-refractivity contribution in [2.75, 3.05) is 26.7 Å². The minimum Gasteiger partial charge on any atom is -0.495 e. The first-order chi connectivity index (χ1) is 16.0. The van der Waals surface area contributed by atoms with Crippen LogP contribution in [0.3, 0.4) is 0 Å². The Labute approximate surface area is 196 Å². The Morgan fingerprint density at radius 1 is 1.24 bits per heavy atom. The van der Waals surface area contributed by atoms with Crippen LogP contribution in [0.15, 0.2) is 41.5 Å². The average Bonchev–Trinajstić information content (AvgIpc) is 2.82. The number of nitrogens with zero attached hydrogens (tertiary/aromatic N) is 4. The van der Waals surface area contributed by atoms with E-state index in [1.165, 1.54) is 6.07 Å². The summed E-state index contributed by atoms with van der Waals surface area (Å²) in [7, 11) is 1.57. The summed E-state index contributed by atoms with van der Waals surface area (Å²) in [6, 6.07) is 6.80. The minimum absolute atomic E-state index is 0.0497. The number of piperidine rings is 1. The molecule has 1 fully saturated rings. The van der Waals surface area contributed by atoms with Gasteiger partial charge in [-0.15, -0.1) is 0 Å². The van der Waals surface area contributed by atoms with Crippen LogP contribution in [0.5, 0.6) is 5.75 Å². The Morgan fingerprint density at radius 3 is 2.82 bits per heavy atom. The van der Waals surface area contributed by atoms with Crippen LogP contribution in [-0.2, 0) is 19.7 Å². The monoisotopic (exact) mass is 473 g/mol. The third-order valence-electron chi connectivity index (χ3n) is 6.05. The highest BCUT2D eigenvalue weighted by Gasteiger charge is 2.27. The third kappa shape index (κ3) is 5.51. The zero-order valence-electron chi connectivity index (χ0n) is 18.4. The van der Waals surface area contributed by atoms with Gasteiger partial charge in [-0.2, -0.15) is 0 Å². The molecule has 33 heavy (non-hydrogen) atoms. The Morgan fingerprint density at radius 2 is 2.09 bits per heavy atom. The third-order valence-corrected chi connectivity index (χ3v) is 6.37. The van der Waals surface area contributed by atoms with Gasteiger partial charge in [0.15, 0.2) is 0 Å². The van der Waals surface area contributed by atoms with Crippen LogP contribution in [0, 0.1) is 0 Å². The van der Waals surface area contributed by atoms with Gasteiger partial charge in [-0.25, -0.2) is 0 Å². The molecule has 1 saturated heterocycles. The predicted molar refractivity (Wildman–Crippen MR) is 125 cm³/mol. The van der Waals surface area contributed by atoms with Crippen molar-refractivity contribution in [3.8, 4) is 5.75 Å². The Kier molecular flexibility index (Phi) is 7.56. The smallest absolute Gasteiger partial charge is 0.251 e.